The number of morpholine rings is 1. The van der Waals surface area contributed by atoms with E-state index in [9.17, 15) is 20.2 Å². The van der Waals surface area contributed by atoms with Gasteiger partial charge in [-0.2, -0.15) is 5.26 Å². The van der Waals surface area contributed by atoms with Gasteiger partial charge in [0, 0.05) is 42.8 Å². The topological polar surface area (TPSA) is 116 Å². The third-order valence-corrected chi connectivity index (χ3v) is 6.69. The maximum absolute atomic E-state index is 13.7. The summed E-state index contributed by atoms with van der Waals surface area (Å²) < 4.78 is 15.4. The molecule has 35 heavy (non-hydrogen) atoms. The van der Waals surface area contributed by atoms with Crippen LogP contribution in [0.1, 0.15) is 5.56 Å². The van der Waals surface area contributed by atoms with Crippen LogP contribution in [0.25, 0.3) is 27.6 Å². The Morgan fingerprint density at radius 1 is 1.09 bits per heavy atom. The highest BCUT2D eigenvalue weighted by molar-refractivity contribution is 6.09. The van der Waals surface area contributed by atoms with Gasteiger partial charge in [0.15, 0.2) is 11.3 Å². The molecule has 2 aliphatic rings. The average molecular weight is 471 g/mol. The van der Waals surface area contributed by atoms with Crippen molar-refractivity contribution in [3.63, 3.8) is 0 Å². The second kappa shape index (κ2) is 8.23. The van der Waals surface area contributed by atoms with Crippen LogP contribution in [0.5, 0.6) is 5.75 Å². The molecule has 0 aliphatic carbocycles. The number of nitriles is 1. The molecule has 2 aromatic carbocycles. The number of nitro benzene ring substituents is 1. The van der Waals surface area contributed by atoms with Crippen LogP contribution < -0.4 is 10.3 Å². The predicted molar refractivity (Wildman–Crippen MR) is 128 cm³/mol. The predicted octanol–water partition coefficient (Wildman–Crippen LogP) is 2.82. The number of nitro groups is 1. The highest BCUT2D eigenvalue weighted by Crippen LogP contribution is 2.40. The smallest absolute Gasteiger partial charge is 0.277 e. The van der Waals surface area contributed by atoms with Crippen molar-refractivity contribution in [3.05, 3.63) is 74.6 Å². The minimum Gasteiger partial charge on any atom is -0.483 e. The molecule has 1 saturated heterocycles. The molecule has 2 aromatic heterocycles. The van der Waals surface area contributed by atoms with Gasteiger partial charge in [-0.25, -0.2) is 0 Å². The standard InChI is InChI=1S/C25H21N5O5/c26-13-20-24-23-22(29(25(20)31)16-5-7-17(8-6-16)30(32)33)19-3-1-2-4-21(19)28(23)15-18(35-24)14-27-9-11-34-12-10-27/h1-8,18H,9-12,14-15H2. The summed E-state index contributed by atoms with van der Waals surface area (Å²) in [5, 5.41) is 22.0. The van der Waals surface area contributed by atoms with Gasteiger partial charge in [0.2, 0.25) is 0 Å². The normalized spacial score (nSPS) is 17.9. The Morgan fingerprint density at radius 2 is 1.83 bits per heavy atom. The summed E-state index contributed by atoms with van der Waals surface area (Å²) in [4.78, 5) is 26.6. The lowest BCUT2D eigenvalue weighted by atomic mass is 10.1. The first kappa shape index (κ1) is 21.3. The van der Waals surface area contributed by atoms with Crippen molar-refractivity contribution in [2.24, 2.45) is 0 Å². The van der Waals surface area contributed by atoms with Crippen molar-refractivity contribution < 1.29 is 14.4 Å². The molecular formula is C25H21N5O5. The van der Waals surface area contributed by atoms with E-state index in [0.29, 0.717) is 48.8 Å². The van der Waals surface area contributed by atoms with Crippen LogP contribution in [-0.2, 0) is 11.3 Å². The highest BCUT2D eigenvalue weighted by atomic mass is 16.6. The quantitative estimate of drug-likeness (QED) is 0.332. The van der Waals surface area contributed by atoms with Crippen LogP contribution in [0.3, 0.4) is 0 Å². The fraction of sp³-hybridized carbons (Fsp3) is 0.280. The van der Waals surface area contributed by atoms with E-state index in [1.165, 1.54) is 28.8 Å². The number of pyridine rings is 1. The third-order valence-electron chi connectivity index (χ3n) is 6.69. The first-order chi connectivity index (χ1) is 17.1. The van der Waals surface area contributed by atoms with Crippen LogP contribution in [0.15, 0.2) is 53.3 Å². The van der Waals surface area contributed by atoms with Gasteiger partial charge in [-0.05, 0) is 18.2 Å². The van der Waals surface area contributed by atoms with Crippen molar-refractivity contribution in [1.29, 1.82) is 5.26 Å². The van der Waals surface area contributed by atoms with E-state index in [2.05, 4.69) is 15.5 Å². The number of hydrogen-bond donors (Lipinski definition) is 0. The number of benzene rings is 2. The van der Waals surface area contributed by atoms with Crippen LogP contribution in [-0.4, -0.2) is 57.9 Å². The number of aromatic nitrogens is 2. The molecule has 2 aliphatic heterocycles. The number of para-hydroxylation sites is 1. The molecule has 4 heterocycles. The Labute approximate surface area is 199 Å². The SMILES string of the molecule is N#Cc1c2c3c(c4ccccc4n3CC(CN3CCOCC3)O2)n(-c2ccc([N+](=O)[O-])cc2)c1=O. The second-order valence-corrected chi connectivity index (χ2v) is 8.71. The highest BCUT2D eigenvalue weighted by Gasteiger charge is 2.32. The lowest BCUT2D eigenvalue weighted by molar-refractivity contribution is -0.384. The van der Waals surface area contributed by atoms with Crippen molar-refractivity contribution in [1.82, 2.24) is 14.0 Å². The summed E-state index contributed by atoms with van der Waals surface area (Å²) >= 11 is 0. The maximum atomic E-state index is 13.7. The van der Waals surface area contributed by atoms with E-state index >= 15 is 0 Å². The van der Waals surface area contributed by atoms with Crippen LogP contribution in [0, 0.1) is 21.4 Å². The molecule has 10 heteroatoms. The maximum Gasteiger partial charge on any atom is 0.277 e. The van der Waals surface area contributed by atoms with Crippen LogP contribution >= 0.6 is 0 Å². The fourth-order valence-corrected chi connectivity index (χ4v) is 5.12. The number of non-ortho nitro benzene ring substituents is 1. The molecular weight excluding hydrogens is 450 g/mol. The van der Waals surface area contributed by atoms with Gasteiger partial charge in [0.25, 0.3) is 11.2 Å². The lowest BCUT2D eigenvalue weighted by Crippen LogP contribution is -2.45. The number of rotatable bonds is 4. The Bertz CT molecular complexity index is 1570. The second-order valence-electron chi connectivity index (χ2n) is 8.71. The monoisotopic (exact) mass is 471 g/mol. The van der Waals surface area contributed by atoms with Crippen LogP contribution in [0.4, 0.5) is 5.69 Å². The van der Waals surface area contributed by atoms with E-state index in [1.54, 1.807) is 0 Å². The van der Waals surface area contributed by atoms with E-state index in [-0.39, 0.29) is 17.4 Å². The summed E-state index contributed by atoms with van der Waals surface area (Å²) in [5.41, 5.74) is 2.02. The molecule has 0 spiro atoms. The number of ether oxygens (including phenoxy) is 2. The van der Waals surface area contributed by atoms with E-state index in [1.807, 2.05) is 24.3 Å². The molecule has 10 nitrogen and oxygen atoms in total. The number of nitrogens with zero attached hydrogens (tertiary/aromatic N) is 5. The van der Waals surface area contributed by atoms with Crippen molar-refractivity contribution in [3.8, 4) is 17.5 Å². The zero-order valence-corrected chi connectivity index (χ0v) is 18.7. The van der Waals surface area contributed by atoms with Crippen molar-refractivity contribution in [2.75, 3.05) is 32.8 Å². The Balaban J connectivity index is 1.58. The Morgan fingerprint density at radius 3 is 2.54 bits per heavy atom. The molecule has 1 fully saturated rings. The third kappa shape index (κ3) is 3.36. The van der Waals surface area contributed by atoms with Gasteiger partial charge in [0.1, 0.15) is 17.7 Å². The van der Waals surface area contributed by atoms with E-state index in [0.717, 1.165) is 24.0 Å². The summed E-state index contributed by atoms with van der Waals surface area (Å²) in [5.74, 6) is 0.298. The Kier molecular flexibility index (Phi) is 5.02. The largest absolute Gasteiger partial charge is 0.483 e. The minimum atomic E-state index is -0.515. The van der Waals surface area contributed by atoms with Crippen molar-refractivity contribution >= 4 is 27.6 Å². The van der Waals surface area contributed by atoms with Gasteiger partial charge in [-0.15, -0.1) is 0 Å². The van der Waals surface area contributed by atoms with Crippen LogP contribution in [0.2, 0.25) is 0 Å². The molecule has 1 atom stereocenters. The first-order valence-electron chi connectivity index (χ1n) is 11.4. The molecule has 176 valence electrons. The zero-order chi connectivity index (χ0) is 24.1. The first-order valence-corrected chi connectivity index (χ1v) is 11.4. The Hall–Kier alpha value is -4.20. The minimum absolute atomic E-state index is 0.0759. The lowest BCUT2D eigenvalue weighted by Gasteiger charge is -2.33. The van der Waals surface area contributed by atoms with E-state index < -0.39 is 10.5 Å². The molecule has 0 radical (unpaired) electrons. The molecule has 0 saturated carbocycles. The summed E-state index contributed by atoms with van der Waals surface area (Å²) in [6.07, 6.45) is -0.235. The molecule has 4 aromatic rings. The zero-order valence-electron chi connectivity index (χ0n) is 18.7. The van der Waals surface area contributed by atoms with Crippen molar-refractivity contribution in [2.45, 2.75) is 12.6 Å². The fourth-order valence-electron chi connectivity index (χ4n) is 5.12. The van der Waals surface area contributed by atoms with Gasteiger partial charge >= 0.3 is 0 Å². The van der Waals surface area contributed by atoms with E-state index in [4.69, 9.17) is 9.47 Å². The number of fused-ring (bicyclic) bond motifs is 3. The van der Waals surface area contributed by atoms with Gasteiger partial charge in [-0.3, -0.25) is 24.4 Å². The average Bonchev–Trinajstić information content (AvgIpc) is 3.20. The molecule has 0 bridgehead atoms. The van der Waals surface area contributed by atoms with Gasteiger partial charge in [0.05, 0.1) is 35.7 Å². The summed E-state index contributed by atoms with van der Waals surface area (Å²) in [7, 11) is 0. The molecule has 0 N–H and O–H groups in total. The molecule has 0 amide bonds. The number of hydrogen-bond acceptors (Lipinski definition) is 7. The van der Waals surface area contributed by atoms with Gasteiger partial charge < -0.3 is 14.0 Å². The summed E-state index contributed by atoms with van der Waals surface area (Å²) in [6, 6.07) is 15.6. The molecule has 1 unspecified atom stereocenters. The molecule has 6 rings (SSSR count). The van der Waals surface area contributed by atoms with Gasteiger partial charge in [-0.1, -0.05) is 18.2 Å². The summed E-state index contributed by atoms with van der Waals surface area (Å²) in [6.45, 7) is 4.18.